The molecule has 0 aromatic heterocycles. The molecular weight excluding hydrogens is 273 g/mol. The van der Waals surface area contributed by atoms with Gasteiger partial charge >= 0.3 is 0 Å². The summed E-state index contributed by atoms with van der Waals surface area (Å²) in [6.07, 6.45) is 3.56. The first-order valence-electron chi connectivity index (χ1n) is 6.01. The largest absolute Gasteiger partial charge is 0.378 e. The van der Waals surface area contributed by atoms with Gasteiger partial charge in [-0.3, -0.25) is 4.79 Å². The first-order valence-corrected chi connectivity index (χ1v) is 6.77. The molecule has 1 aromatic carbocycles. The molecule has 1 unspecified atom stereocenters. The smallest absolute Gasteiger partial charge is 0.227 e. The van der Waals surface area contributed by atoms with Crippen LogP contribution in [0.3, 0.4) is 0 Å². The zero-order valence-electron chi connectivity index (χ0n) is 9.92. The SMILES string of the molecule is O=C(CC1CCCCO1)Nc1ccc(Cl)cc1Cl. The third-order valence-electron chi connectivity index (χ3n) is 2.89. The number of nitrogens with one attached hydrogen (secondary N) is 1. The monoisotopic (exact) mass is 287 g/mol. The van der Waals surface area contributed by atoms with Crippen LogP contribution in [0.15, 0.2) is 18.2 Å². The second kappa shape index (κ2) is 6.41. The van der Waals surface area contributed by atoms with Gasteiger partial charge in [0.1, 0.15) is 0 Å². The summed E-state index contributed by atoms with van der Waals surface area (Å²) in [6, 6.07) is 5.00. The number of halogens is 2. The first kappa shape index (κ1) is 13.7. The standard InChI is InChI=1S/C13H15Cl2NO2/c14-9-4-5-12(11(15)7-9)16-13(17)8-10-3-1-2-6-18-10/h4-5,7,10H,1-3,6,8H2,(H,16,17). The average molecular weight is 288 g/mol. The molecule has 1 aromatic rings. The van der Waals surface area contributed by atoms with Gasteiger partial charge in [-0.15, -0.1) is 0 Å². The van der Waals surface area contributed by atoms with E-state index in [2.05, 4.69) is 5.32 Å². The van der Waals surface area contributed by atoms with Gasteiger partial charge < -0.3 is 10.1 Å². The zero-order valence-corrected chi connectivity index (χ0v) is 11.4. The van der Waals surface area contributed by atoms with E-state index < -0.39 is 0 Å². The molecule has 1 heterocycles. The van der Waals surface area contributed by atoms with E-state index >= 15 is 0 Å². The molecule has 3 nitrogen and oxygen atoms in total. The van der Waals surface area contributed by atoms with Gasteiger partial charge in [0.15, 0.2) is 0 Å². The maximum Gasteiger partial charge on any atom is 0.227 e. The van der Waals surface area contributed by atoms with Gasteiger partial charge in [-0.1, -0.05) is 23.2 Å². The van der Waals surface area contributed by atoms with Crippen LogP contribution in [0.25, 0.3) is 0 Å². The van der Waals surface area contributed by atoms with E-state index in [-0.39, 0.29) is 12.0 Å². The van der Waals surface area contributed by atoms with Crippen LogP contribution < -0.4 is 5.32 Å². The summed E-state index contributed by atoms with van der Waals surface area (Å²) < 4.78 is 5.52. The minimum atomic E-state index is -0.0777. The predicted octanol–water partition coefficient (Wildman–Crippen LogP) is 3.89. The van der Waals surface area contributed by atoms with Crippen molar-refractivity contribution in [3.05, 3.63) is 28.2 Å². The molecule has 1 aliphatic heterocycles. The minimum absolute atomic E-state index is 0.0322. The van der Waals surface area contributed by atoms with E-state index in [0.29, 0.717) is 22.2 Å². The van der Waals surface area contributed by atoms with Crippen molar-refractivity contribution < 1.29 is 9.53 Å². The molecule has 0 aliphatic carbocycles. The quantitative estimate of drug-likeness (QED) is 0.916. The second-order valence-corrected chi connectivity index (χ2v) is 5.21. The Morgan fingerprint density at radius 3 is 2.89 bits per heavy atom. The molecule has 0 spiro atoms. The van der Waals surface area contributed by atoms with Crippen LogP contribution in [0.2, 0.25) is 10.0 Å². The van der Waals surface area contributed by atoms with Gasteiger partial charge in [0.25, 0.3) is 0 Å². The number of carbonyl (C=O) groups excluding carboxylic acids is 1. The number of hydrogen-bond acceptors (Lipinski definition) is 2. The summed E-state index contributed by atoms with van der Waals surface area (Å²) >= 11 is 11.8. The van der Waals surface area contributed by atoms with Gasteiger partial charge in [0.2, 0.25) is 5.91 Å². The highest BCUT2D eigenvalue weighted by molar-refractivity contribution is 6.36. The Bertz CT molecular complexity index is 431. The minimum Gasteiger partial charge on any atom is -0.378 e. The molecule has 5 heteroatoms. The van der Waals surface area contributed by atoms with E-state index in [4.69, 9.17) is 27.9 Å². The lowest BCUT2D eigenvalue weighted by molar-refractivity contribution is -0.119. The molecule has 1 atom stereocenters. The average Bonchev–Trinajstić information content (AvgIpc) is 2.34. The van der Waals surface area contributed by atoms with Crippen LogP contribution in [0.1, 0.15) is 25.7 Å². The van der Waals surface area contributed by atoms with Gasteiger partial charge in [-0.2, -0.15) is 0 Å². The summed E-state index contributed by atoms with van der Waals surface area (Å²) in [5.41, 5.74) is 0.585. The Morgan fingerprint density at radius 2 is 2.22 bits per heavy atom. The number of anilines is 1. The lowest BCUT2D eigenvalue weighted by atomic mass is 10.1. The molecule has 98 valence electrons. The fourth-order valence-electron chi connectivity index (χ4n) is 1.97. The van der Waals surface area contributed by atoms with Crippen LogP contribution in [0.4, 0.5) is 5.69 Å². The van der Waals surface area contributed by atoms with Crippen molar-refractivity contribution in [1.29, 1.82) is 0 Å². The fourth-order valence-corrected chi connectivity index (χ4v) is 2.42. The van der Waals surface area contributed by atoms with Crippen molar-refractivity contribution in [1.82, 2.24) is 0 Å². The lowest BCUT2D eigenvalue weighted by Gasteiger charge is -2.22. The van der Waals surface area contributed by atoms with Crippen molar-refractivity contribution in [2.45, 2.75) is 31.8 Å². The molecule has 18 heavy (non-hydrogen) atoms. The maximum atomic E-state index is 11.8. The fraction of sp³-hybridized carbons (Fsp3) is 0.462. The maximum absolute atomic E-state index is 11.8. The number of ether oxygens (including phenoxy) is 1. The molecule has 0 saturated carbocycles. The van der Waals surface area contributed by atoms with Crippen LogP contribution in [-0.2, 0) is 9.53 Å². The van der Waals surface area contributed by atoms with Gasteiger partial charge in [-0.25, -0.2) is 0 Å². The Balaban J connectivity index is 1.90. The summed E-state index contributed by atoms with van der Waals surface area (Å²) in [5.74, 6) is -0.0777. The van der Waals surface area contributed by atoms with E-state index in [0.717, 1.165) is 25.9 Å². The zero-order chi connectivity index (χ0) is 13.0. The summed E-state index contributed by atoms with van der Waals surface area (Å²) in [4.78, 5) is 11.8. The van der Waals surface area contributed by atoms with Crippen LogP contribution in [0, 0.1) is 0 Å². The van der Waals surface area contributed by atoms with Crippen molar-refractivity contribution in [3.8, 4) is 0 Å². The highest BCUT2D eigenvalue weighted by Crippen LogP contribution is 2.26. The molecule has 1 saturated heterocycles. The Hall–Kier alpha value is -0.770. The molecule has 1 amide bonds. The van der Waals surface area contributed by atoms with Gasteiger partial charge in [-0.05, 0) is 37.5 Å². The summed E-state index contributed by atoms with van der Waals surface area (Å²) in [6.45, 7) is 0.750. The normalized spacial score (nSPS) is 19.6. The number of benzene rings is 1. The van der Waals surface area contributed by atoms with E-state index in [9.17, 15) is 4.79 Å². The topological polar surface area (TPSA) is 38.3 Å². The van der Waals surface area contributed by atoms with Crippen molar-refractivity contribution in [2.24, 2.45) is 0 Å². The van der Waals surface area contributed by atoms with Crippen molar-refractivity contribution in [2.75, 3.05) is 11.9 Å². The van der Waals surface area contributed by atoms with E-state index in [1.807, 2.05) is 0 Å². The number of hydrogen-bond donors (Lipinski definition) is 1. The number of rotatable bonds is 3. The summed E-state index contributed by atoms with van der Waals surface area (Å²) in [7, 11) is 0. The Labute approximate surface area is 116 Å². The van der Waals surface area contributed by atoms with Crippen molar-refractivity contribution in [3.63, 3.8) is 0 Å². The highest BCUT2D eigenvalue weighted by atomic mass is 35.5. The molecule has 0 bridgehead atoms. The number of carbonyl (C=O) groups is 1. The van der Waals surface area contributed by atoms with Gasteiger partial charge in [0.05, 0.1) is 23.2 Å². The van der Waals surface area contributed by atoms with E-state index in [1.54, 1.807) is 18.2 Å². The lowest BCUT2D eigenvalue weighted by Crippen LogP contribution is -2.25. The second-order valence-electron chi connectivity index (χ2n) is 4.37. The summed E-state index contributed by atoms with van der Waals surface area (Å²) in [5, 5.41) is 3.77. The molecule has 2 rings (SSSR count). The Kier molecular flexibility index (Phi) is 4.87. The van der Waals surface area contributed by atoms with Crippen LogP contribution in [-0.4, -0.2) is 18.6 Å². The Morgan fingerprint density at radius 1 is 1.39 bits per heavy atom. The van der Waals surface area contributed by atoms with Crippen molar-refractivity contribution >= 4 is 34.8 Å². The molecule has 1 fully saturated rings. The van der Waals surface area contributed by atoms with Crippen LogP contribution >= 0.6 is 23.2 Å². The molecular formula is C13H15Cl2NO2. The predicted molar refractivity (Wildman–Crippen MR) is 73.3 cm³/mol. The molecule has 0 radical (unpaired) electrons. The highest BCUT2D eigenvalue weighted by Gasteiger charge is 2.18. The van der Waals surface area contributed by atoms with Crippen LogP contribution in [0.5, 0.6) is 0 Å². The number of amides is 1. The molecule has 1 aliphatic rings. The van der Waals surface area contributed by atoms with E-state index in [1.165, 1.54) is 0 Å². The molecule has 1 N–H and O–H groups in total. The third-order valence-corrected chi connectivity index (χ3v) is 3.44. The van der Waals surface area contributed by atoms with Gasteiger partial charge in [0, 0.05) is 11.6 Å². The third kappa shape index (κ3) is 3.87. The first-order chi connectivity index (χ1) is 8.65.